The summed E-state index contributed by atoms with van der Waals surface area (Å²) >= 11 is 9.15. The van der Waals surface area contributed by atoms with E-state index in [1.165, 1.54) is 11.3 Å². The number of aryl methyl sites for hydroxylation is 1. The SMILES string of the molecule is CCn1c(=NC(=O)c2cccc(SC)c2)sc2cc(Cl)ccc21. The smallest absolute Gasteiger partial charge is 0.279 e. The highest BCUT2D eigenvalue weighted by molar-refractivity contribution is 7.98. The fourth-order valence-corrected chi connectivity index (χ4v) is 4.17. The number of hydrogen-bond donors (Lipinski definition) is 0. The highest BCUT2D eigenvalue weighted by Gasteiger charge is 2.09. The molecule has 3 nitrogen and oxygen atoms in total. The molecule has 2 aromatic carbocycles. The van der Waals surface area contributed by atoms with E-state index in [2.05, 4.69) is 4.99 Å². The Balaban J connectivity index is 2.11. The summed E-state index contributed by atoms with van der Waals surface area (Å²) in [5, 5.41) is 0.688. The van der Waals surface area contributed by atoms with E-state index in [4.69, 9.17) is 11.6 Å². The predicted octanol–water partition coefficient (Wildman–Crippen LogP) is 4.84. The molecule has 0 N–H and O–H groups in total. The van der Waals surface area contributed by atoms with Gasteiger partial charge in [0.2, 0.25) is 0 Å². The van der Waals surface area contributed by atoms with E-state index in [0.29, 0.717) is 15.4 Å². The molecule has 118 valence electrons. The summed E-state index contributed by atoms with van der Waals surface area (Å²) in [6, 6.07) is 13.3. The third kappa shape index (κ3) is 3.37. The molecule has 1 heterocycles. The first-order valence-corrected chi connectivity index (χ1v) is 9.56. The normalized spacial score (nSPS) is 12.0. The van der Waals surface area contributed by atoms with E-state index in [1.807, 2.05) is 54.1 Å². The summed E-state index contributed by atoms with van der Waals surface area (Å²) in [7, 11) is 0. The monoisotopic (exact) mass is 362 g/mol. The van der Waals surface area contributed by atoms with Crippen molar-refractivity contribution in [3.63, 3.8) is 0 Å². The van der Waals surface area contributed by atoms with Crippen LogP contribution in [0.15, 0.2) is 52.4 Å². The summed E-state index contributed by atoms with van der Waals surface area (Å²) < 4.78 is 3.07. The molecule has 1 aromatic heterocycles. The Bertz CT molecular complexity index is 943. The van der Waals surface area contributed by atoms with Crippen LogP contribution in [0, 0.1) is 0 Å². The van der Waals surface area contributed by atoms with Gasteiger partial charge >= 0.3 is 0 Å². The lowest BCUT2D eigenvalue weighted by Gasteiger charge is -2.01. The van der Waals surface area contributed by atoms with Crippen molar-refractivity contribution < 1.29 is 4.79 Å². The fraction of sp³-hybridized carbons (Fsp3) is 0.176. The van der Waals surface area contributed by atoms with Crippen molar-refractivity contribution in [2.24, 2.45) is 4.99 Å². The third-order valence-electron chi connectivity index (χ3n) is 3.47. The molecule has 0 saturated carbocycles. The van der Waals surface area contributed by atoms with Crippen molar-refractivity contribution in [1.29, 1.82) is 0 Å². The van der Waals surface area contributed by atoms with Crippen molar-refractivity contribution in [3.05, 3.63) is 57.9 Å². The number of hydrogen-bond acceptors (Lipinski definition) is 3. The Hall–Kier alpha value is -1.56. The first-order chi connectivity index (χ1) is 11.1. The van der Waals surface area contributed by atoms with Gasteiger partial charge in [-0.05, 0) is 49.6 Å². The minimum atomic E-state index is -0.222. The number of thioether (sulfide) groups is 1. The van der Waals surface area contributed by atoms with E-state index in [9.17, 15) is 4.79 Å². The fourth-order valence-electron chi connectivity index (χ4n) is 2.35. The number of thiazole rings is 1. The molecule has 6 heteroatoms. The zero-order valence-corrected chi connectivity index (χ0v) is 15.1. The number of aromatic nitrogens is 1. The maximum absolute atomic E-state index is 12.5. The molecule has 0 aliphatic carbocycles. The van der Waals surface area contributed by atoms with E-state index in [0.717, 1.165) is 21.7 Å². The van der Waals surface area contributed by atoms with Gasteiger partial charge in [0.1, 0.15) is 0 Å². The number of nitrogens with zero attached hydrogens (tertiary/aromatic N) is 2. The van der Waals surface area contributed by atoms with Crippen molar-refractivity contribution >= 4 is 50.8 Å². The number of halogens is 1. The van der Waals surface area contributed by atoms with E-state index in [-0.39, 0.29) is 5.91 Å². The van der Waals surface area contributed by atoms with Gasteiger partial charge in [0.15, 0.2) is 4.80 Å². The summed E-state index contributed by atoms with van der Waals surface area (Å²) in [5.74, 6) is -0.222. The van der Waals surface area contributed by atoms with Gasteiger partial charge in [-0.1, -0.05) is 29.0 Å². The van der Waals surface area contributed by atoms with Crippen LogP contribution >= 0.6 is 34.7 Å². The molecule has 0 aliphatic heterocycles. The van der Waals surface area contributed by atoms with Gasteiger partial charge < -0.3 is 4.57 Å². The summed E-state index contributed by atoms with van der Waals surface area (Å²) in [6.45, 7) is 2.79. The molecular weight excluding hydrogens is 348 g/mol. The minimum Gasteiger partial charge on any atom is -0.317 e. The lowest BCUT2D eigenvalue weighted by atomic mass is 10.2. The van der Waals surface area contributed by atoms with Gasteiger partial charge in [-0.2, -0.15) is 4.99 Å². The van der Waals surface area contributed by atoms with Crippen LogP contribution in [-0.2, 0) is 6.54 Å². The Kier molecular flexibility index (Phi) is 4.90. The van der Waals surface area contributed by atoms with Crippen molar-refractivity contribution in [3.8, 4) is 0 Å². The number of benzene rings is 2. The lowest BCUT2D eigenvalue weighted by Crippen LogP contribution is -2.15. The van der Waals surface area contributed by atoms with Gasteiger partial charge in [-0.15, -0.1) is 11.8 Å². The molecular formula is C17H15ClN2OS2. The first kappa shape index (κ1) is 16.3. The highest BCUT2D eigenvalue weighted by atomic mass is 35.5. The lowest BCUT2D eigenvalue weighted by molar-refractivity contribution is 0.0997. The average molecular weight is 363 g/mol. The van der Waals surface area contributed by atoms with Crippen LogP contribution in [0.5, 0.6) is 0 Å². The van der Waals surface area contributed by atoms with Crippen LogP contribution in [0.1, 0.15) is 17.3 Å². The van der Waals surface area contributed by atoms with Crippen molar-refractivity contribution in [1.82, 2.24) is 4.57 Å². The molecule has 1 amide bonds. The van der Waals surface area contributed by atoms with Crippen LogP contribution in [0.2, 0.25) is 5.02 Å². The highest BCUT2D eigenvalue weighted by Crippen LogP contribution is 2.22. The molecule has 3 aromatic rings. The second kappa shape index (κ2) is 6.91. The minimum absolute atomic E-state index is 0.222. The topological polar surface area (TPSA) is 34.4 Å². The third-order valence-corrected chi connectivity index (χ3v) is 5.48. The summed E-state index contributed by atoms with van der Waals surface area (Å²) in [5.41, 5.74) is 1.65. The quantitative estimate of drug-likeness (QED) is 0.625. The predicted molar refractivity (Wildman–Crippen MR) is 98.6 cm³/mol. The largest absolute Gasteiger partial charge is 0.317 e. The van der Waals surface area contributed by atoms with E-state index >= 15 is 0 Å². The van der Waals surface area contributed by atoms with Crippen LogP contribution < -0.4 is 4.80 Å². The Morgan fingerprint density at radius 1 is 1.30 bits per heavy atom. The van der Waals surface area contributed by atoms with Crippen molar-refractivity contribution in [2.75, 3.05) is 6.26 Å². The molecule has 23 heavy (non-hydrogen) atoms. The average Bonchev–Trinajstić information content (AvgIpc) is 2.90. The zero-order valence-electron chi connectivity index (χ0n) is 12.7. The van der Waals surface area contributed by atoms with E-state index < -0.39 is 0 Å². The molecule has 0 bridgehead atoms. The van der Waals surface area contributed by atoms with Crippen LogP contribution in [0.4, 0.5) is 0 Å². The summed E-state index contributed by atoms with van der Waals surface area (Å²) in [6.07, 6.45) is 1.99. The number of amides is 1. The second-order valence-corrected chi connectivity index (χ2v) is 7.22. The number of carbonyl (C=O) groups excluding carboxylic acids is 1. The van der Waals surface area contributed by atoms with Crippen LogP contribution in [0.25, 0.3) is 10.2 Å². The Morgan fingerprint density at radius 2 is 2.13 bits per heavy atom. The Labute approximate surface area is 147 Å². The molecule has 0 spiro atoms. The molecule has 3 rings (SSSR count). The Morgan fingerprint density at radius 3 is 2.87 bits per heavy atom. The standard InChI is InChI=1S/C17H15ClN2OS2/c1-3-20-14-8-7-12(18)10-15(14)23-17(20)19-16(21)11-5-4-6-13(9-11)22-2/h4-10H,3H2,1-2H3. The summed E-state index contributed by atoms with van der Waals surface area (Å²) in [4.78, 5) is 18.6. The molecule has 0 atom stereocenters. The van der Waals surface area contributed by atoms with Crippen LogP contribution in [-0.4, -0.2) is 16.7 Å². The maximum Gasteiger partial charge on any atom is 0.279 e. The first-order valence-electron chi connectivity index (χ1n) is 7.14. The number of rotatable bonds is 3. The van der Waals surface area contributed by atoms with E-state index in [1.54, 1.807) is 17.8 Å². The maximum atomic E-state index is 12.5. The van der Waals surface area contributed by atoms with Crippen LogP contribution in [0.3, 0.4) is 0 Å². The molecule has 0 radical (unpaired) electrons. The van der Waals surface area contributed by atoms with Gasteiger partial charge in [0.25, 0.3) is 5.91 Å². The van der Waals surface area contributed by atoms with Gasteiger partial charge in [-0.25, -0.2) is 0 Å². The number of carbonyl (C=O) groups is 1. The number of fused-ring (bicyclic) bond motifs is 1. The van der Waals surface area contributed by atoms with Crippen molar-refractivity contribution in [2.45, 2.75) is 18.4 Å². The molecule has 0 unspecified atom stereocenters. The van der Waals surface area contributed by atoms with Gasteiger partial charge in [-0.3, -0.25) is 4.79 Å². The van der Waals surface area contributed by atoms with Gasteiger partial charge in [0, 0.05) is 22.0 Å². The zero-order chi connectivity index (χ0) is 16.4. The molecule has 0 saturated heterocycles. The molecule has 0 fully saturated rings. The second-order valence-electron chi connectivity index (χ2n) is 4.89. The molecule has 0 aliphatic rings. The van der Waals surface area contributed by atoms with Gasteiger partial charge in [0.05, 0.1) is 10.2 Å².